The summed E-state index contributed by atoms with van der Waals surface area (Å²) in [4.78, 5) is 15.5. The van der Waals surface area contributed by atoms with Crippen molar-refractivity contribution in [1.82, 2.24) is 10.2 Å². The van der Waals surface area contributed by atoms with Crippen molar-refractivity contribution in [3.05, 3.63) is 20.8 Å². The van der Waals surface area contributed by atoms with Gasteiger partial charge >= 0.3 is 0 Å². The van der Waals surface area contributed by atoms with Gasteiger partial charge in [0.05, 0.1) is 0 Å². The number of hydrogen-bond acceptors (Lipinski definition) is 3. The maximum atomic E-state index is 12.2. The third-order valence-electron chi connectivity index (χ3n) is 3.95. The number of carbonyl (C=O) groups excluding carboxylic acids is 1. The van der Waals surface area contributed by atoms with Crippen LogP contribution < -0.4 is 5.32 Å². The second-order valence-corrected chi connectivity index (χ2v) is 7.12. The van der Waals surface area contributed by atoms with Gasteiger partial charge in [-0.25, -0.2) is 0 Å². The van der Waals surface area contributed by atoms with Gasteiger partial charge in [-0.2, -0.15) is 0 Å². The van der Waals surface area contributed by atoms with Crippen molar-refractivity contribution in [2.45, 2.75) is 12.8 Å². The molecule has 5 heteroatoms. The second-order valence-electron chi connectivity index (χ2n) is 5.21. The molecule has 1 N–H and O–H groups in total. The first-order valence-electron chi connectivity index (χ1n) is 6.44. The number of amides is 1. The lowest BCUT2D eigenvalue weighted by molar-refractivity contribution is -0.130. The predicted octanol–water partition coefficient (Wildman–Crippen LogP) is 2.12. The zero-order valence-corrected chi connectivity index (χ0v) is 12.6. The largest absolute Gasteiger partial charge is 0.342 e. The summed E-state index contributed by atoms with van der Waals surface area (Å²) in [5, 5.41) is 5.48. The Bertz CT molecular complexity index is 436. The van der Waals surface area contributed by atoms with Crippen molar-refractivity contribution in [2.75, 3.05) is 26.2 Å². The molecule has 0 bridgehead atoms. The molecule has 3 heterocycles. The monoisotopic (exact) mass is 328 g/mol. The third kappa shape index (κ3) is 2.63. The van der Waals surface area contributed by atoms with Crippen LogP contribution in [-0.4, -0.2) is 37.0 Å². The molecule has 0 spiro atoms. The zero-order chi connectivity index (χ0) is 12.5. The van der Waals surface area contributed by atoms with Gasteiger partial charge in [0.15, 0.2) is 0 Å². The highest BCUT2D eigenvalue weighted by Gasteiger charge is 2.37. The number of nitrogens with one attached hydrogen (secondary N) is 1. The topological polar surface area (TPSA) is 32.3 Å². The zero-order valence-electron chi connectivity index (χ0n) is 10.2. The molecule has 0 aromatic carbocycles. The van der Waals surface area contributed by atoms with Crippen molar-refractivity contribution in [1.29, 1.82) is 0 Å². The Balaban J connectivity index is 1.50. The van der Waals surface area contributed by atoms with Crippen molar-refractivity contribution >= 4 is 33.2 Å². The number of rotatable bonds is 3. The molecule has 3 rings (SSSR count). The first-order valence-corrected chi connectivity index (χ1v) is 8.11. The van der Waals surface area contributed by atoms with Crippen molar-refractivity contribution in [3.8, 4) is 0 Å². The van der Waals surface area contributed by atoms with E-state index in [-0.39, 0.29) is 0 Å². The molecule has 0 saturated carbocycles. The summed E-state index contributed by atoms with van der Waals surface area (Å²) in [6.07, 6.45) is 1.53. The number of halogens is 1. The standard InChI is InChI=1S/C13H17BrN2OS/c14-11-3-12(18-8-11)1-2-13(17)16-6-9-4-15-5-10(9)7-16/h3,8-10,15H,1-2,4-7H2/t9-,10+. The van der Waals surface area contributed by atoms with Crippen LogP contribution >= 0.6 is 27.3 Å². The minimum Gasteiger partial charge on any atom is -0.342 e. The Morgan fingerprint density at radius 2 is 2.17 bits per heavy atom. The molecule has 0 aliphatic carbocycles. The molecule has 3 nitrogen and oxygen atoms in total. The maximum absolute atomic E-state index is 12.2. The van der Waals surface area contributed by atoms with E-state index in [0.29, 0.717) is 24.2 Å². The quantitative estimate of drug-likeness (QED) is 0.921. The smallest absolute Gasteiger partial charge is 0.222 e. The molecule has 2 aliphatic rings. The van der Waals surface area contributed by atoms with E-state index in [1.54, 1.807) is 11.3 Å². The summed E-state index contributed by atoms with van der Waals surface area (Å²) in [7, 11) is 0. The van der Waals surface area contributed by atoms with Crippen LogP contribution in [-0.2, 0) is 11.2 Å². The molecular weight excluding hydrogens is 312 g/mol. The molecule has 2 atom stereocenters. The average molecular weight is 329 g/mol. The fourth-order valence-electron chi connectivity index (χ4n) is 2.93. The van der Waals surface area contributed by atoms with Crippen LogP contribution in [0.4, 0.5) is 0 Å². The van der Waals surface area contributed by atoms with E-state index >= 15 is 0 Å². The van der Waals surface area contributed by atoms with E-state index in [9.17, 15) is 4.79 Å². The van der Waals surface area contributed by atoms with E-state index in [2.05, 4.69) is 37.6 Å². The van der Waals surface area contributed by atoms with E-state index in [1.807, 2.05) is 0 Å². The van der Waals surface area contributed by atoms with Gasteiger partial charge in [0.1, 0.15) is 0 Å². The maximum Gasteiger partial charge on any atom is 0.222 e. The normalized spacial score (nSPS) is 26.6. The second kappa shape index (κ2) is 5.31. The summed E-state index contributed by atoms with van der Waals surface area (Å²) >= 11 is 5.17. The Morgan fingerprint density at radius 1 is 1.44 bits per heavy atom. The first-order chi connectivity index (χ1) is 8.72. The molecule has 0 radical (unpaired) electrons. The fraction of sp³-hybridized carbons (Fsp3) is 0.615. The predicted molar refractivity (Wildman–Crippen MR) is 76.8 cm³/mol. The number of carbonyl (C=O) groups is 1. The Morgan fingerprint density at radius 3 is 2.78 bits per heavy atom. The van der Waals surface area contributed by atoms with Gasteiger partial charge in [-0.1, -0.05) is 0 Å². The molecule has 98 valence electrons. The van der Waals surface area contributed by atoms with Crippen LogP contribution in [0.5, 0.6) is 0 Å². The van der Waals surface area contributed by atoms with Crippen molar-refractivity contribution in [2.24, 2.45) is 11.8 Å². The van der Waals surface area contributed by atoms with Gasteiger partial charge in [0, 0.05) is 47.3 Å². The molecule has 1 aromatic heterocycles. The third-order valence-corrected chi connectivity index (χ3v) is 5.71. The minimum atomic E-state index is 0.328. The molecule has 2 fully saturated rings. The average Bonchev–Trinajstić information content (AvgIpc) is 3.00. The van der Waals surface area contributed by atoms with Gasteiger partial charge < -0.3 is 10.2 Å². The van der Waals surface area contributed by atoms with Crippen molar-refractivity contribution < 1.29 is 4.79 Å². The number of likely N-dealkylation sites (tertiary alicyclic amines) is 1. The molecule has 1 amide bonds. The molecule has 2 saturated heterocycles. The van der Waals surface area contributed by atoms with Crippen LogP contribution in [0.2, 0.25) is 0 Å². The SMILES string of the molecule is O=C(CCc1cc(Br)cs1)N1C[C@H]2CNC[C@H]2C1. The van der Waals surface area contributed by atoms with Crippen LogP contribution in [0, 0.1) is 11.8 Å². The summed E-state index contributed by atoms with van der Waals surface area (Å²) in [6.45, 7) is 4.11. The van der Waals surface area contributed by atoms with Crippen LogP contribution in [0.25, 0.3) is 0 Å². The number of thiophene rings is 1. The fourth-order valence-corrected chi connectivity index (χ4v) is 4.39. The number of nitrogens with zero attached hydrogens (tertiary/aromatic N) is 1. The highest BCUT2D eigenvalue weighted by atomic mass is 79.9. The minimum absolute atomic E-state index is 0.328. The Hall–Kier alpha value is -0.390. The summed E-state index contributed by atoms with van der Waals surface area (Å²) < 4.78 is 1.12. The lowest BCUT2D eigenvalue weighted by atomic mass is 10.0. The van der Waals surface area contributed by atoms with Gasteiger partial charge in [0.25, 0.3) is 0 Å². The number of aryl methyl sites for hydroxylation is 1. The van der Waals surface area contributed by atoms with E-state index < -0.39 is 0 Å². The summed E-state index contributed by atoms with van der Waals surface area (Å²) in [5.74, 6) is 1.73. The Kier molecular flexibility index (Phi) is 3.73. The number of hydrogen-bond donors (Lipinski definition) is 1. The van der Waals surface area contributed by atoms with E-state index in [1.165, 1.54) is 4.88 Å². The highest BCUT2D eigenvalue weighted by molar-refractivity contribution is 9.10. The van der Waals surface area contributed by atoms with Crippen LogP contribution in [0.15, 0.2) is 15.9 Å². The van der Waals surface area contributed by atoms with Crippen LogP contribution in [0.1, 0.15) is 11.3 Å². The molecule has 2 aliphatic heterocycles. The molecular formula is C13H17BrN2OS. The lowest BCUT2D eigenvalue weighted by Gasteiger charge is -2.17. The summed E-state index contributed by atoms with van der Waals surface area (Å²) in [5.41, 5.74) is 0. The van der Waals surface area contributed by atoms with Gasteiger partial charge in [-0.05, 0) is 40.3 Å². The van der Waals surface area contributed by atoms with Crippen LogP contribution in [0.3, 0.4) is 0 Å². The van der Waals surface area contributed by atoms with Gasteiger partial charge in [0.2, 0.25) is 5.91 Å². The highest BCUT2D eigenvalue weighted by Crippen LogP contribution is 2.27. The summed E-state index contributed by atoms with van der Waals surface area (Å²) in [6, 6.07) is 2.11. The van der Waals surface area contributed by atoms with Gasteiger partial charge in [-0.15, -0.1) is 11.3 Å². The molecule has 18 heavy (non-hydrogen) atoms. The number of fused-ring (bicyclic) bond motifs is 1. The molecule has 1 aromatic rings. The Labute approximate surface area is 120 Å². The van der Waals surface area contributed by atoms with E-state index in [0.717, 1.165) is 37.1 Å². The van der Waals surface area contributed by atoms with Gasteiger partial charge in [-0.3, -0.25) is 4.79 Å². The van der Waals surface area contributed by atoms with E-state index in [4.69, 9.17) is 0 Å². The first kappa shape index (κ1) is 12.6. The molecule has 0 unspecified atom stereocenters. The lowest BCUT2D eigenvalue weighted by Crippen LogP contribution is -2.31. The van der Waals surface area contributed by atoms with Crippen molar-refractivity contribution in [3.63, 3.8) is 0 Å².